The molecule has 1 aliphatic rings. The maximum Gasteiger partial charge on any atom is 0.188 e. The Morgan fingerprint density at radius 2 is 2.00 bits per heavy atom. The Morgan fingerprint density at radius 1 is 1.05 bits per heavy atom. The van der Waals surface area contributed by atoms with E-state index in [1.165, 1.54) is 4.70 Å². The van der Waals surface area contributed by atoms with Gasteiger partial charge in [0.2, 0.25) is 0 Å². The van der Waals surface area contributed by atoms with Crippen LogP contribution in [0.25, 0.3) is 10.2 Å². The van der Waals surface area contributed by atoms with E-state index < -0.39 is 0 Å². The van der Waals surface area contributed by atoms with Crippen LogP contribution in [0.3, 0.4) is 0 Å². The molecule has 0 fully saturated rings. The highest BCUT2D eigenvalue weighted by molar-refractivity contribution is 7.16. The first kappa shape index (κ1) is 10.5. The molecule has 0 unspecified atom stereocenters. The number of benzene rings is 2. The van der Waals surface area contributed by atoms with Gasteiger partial charge in [0.1, 0.15) is 11.4 Å². The number of H-pyrrole nitrogens is 1. The number of para-hydroxylation sites is 1. The Labute approximate surface area is 112 Å². The molecule has 2 heterocycles. The third kappa shape index (κ3) is 1.82. The summed E-state index contributed by atoms with van der Waals surface area (Å²) in [4.78, 5) is 8.73. The molecule has 5 nitrogen and oxygen atoms in total. The van der Waals surface area contributed by atoms with Gasteiger partial charge in [0.15, 0.2) is 4.80 Å². The summed E-state index contributed by atoms with van der Waals surface area (Å²) in [6.45, 7) is 0. The second-order valence-electron chi connectivity index (χ2n) is 4.10. The highest BCUT2D eigenvalue weighted by Gasteiger charge is 2.09. The number of aromatic nitrogens is 1. The van der Waals surface area contributed by atoms with E-state index in [2.05, 4.69) is 31.8 Å². The zero-order valence-electron chi connectivity index (χ0n) is 9.74. The lowest BCUT2D eigenvalue weighted by Gasteiger charge is -1.94. The minimum atomic E-state index is 0.766. The second kappa shape index (κ2) is 4.03. The van der Waals surface area contributed by atoms with Gasteiger partial charge in [0, 0.05) is 0 Å². The molecule has 1 N–H and O–H groups in total. The number of aromatic amines is 1. The van der Waals surface area contributed by atoms with Crippen LogP contribution in [-0.4, -0.2) is 4.98 Å². The Hall–Kier alpha value is -2.47. The molecule has 2 aromatic carbocycles. The van der Waals surface area contributed by atoms with Gasteiger partial charge in [-0.15, -0.1) is 10.5 Å². The topological polar surface area (TPSA) is 67.0 Å². The van der Waals surface area contributed by atoms with Crippen LogP contribution in [0.5, 0.6) is 0 Å². The van der Waals surface area contributed by atoms with Gasteiger partial charge in [0.05, 0.1) is 15.9 Å². The molecule has 0 bridgehead atoms. The van der Waals surface area contributed by atoms with Crippen molar-refractivity contribution >= 4 is 38.6 Å². The first-order chi connectivity index (χ1) is 9.38. The van der Waals surface area contributed by atoms with Crippen molar-refractivity contribution in [3.63, 3.8) is 0 Å². The van der Waals surface area contributed by atoms with Crippen LogP contribution in [0.4, 0.5) is 17.1 Å². The summed E-state index contributed by atoms with van der Waals surface area (Å²) < 4.78 is 1.19. The maximum atomic E-state index is 4.58. The summed E-state index contributed by atoms with van der Waals surface area (Å²) in [5.41, 5.74) is 7.44. The number of nitrogens with one attached hydrogen (secondary N) is 1. The number of hydrogen-bond acceptors (Lipinski definition) is 4. The highest BCUT2D eigenvalue weighted by atomic mass is 32.1. The standard InChI is InChI=1S/C13H8N5S/c1-2-4-12-10(3-1)15-13(19-12)14-8-5-6-9-11(7-8)17-18-16-9/h1-7H,(H,14,15). The third-order valence-electron chi connectivity index (χ3n) is 2.83. The van der Waals surface area contributed by atoms with Crippen LogP contribution in [0.2, 0.25) is 0 Å². The molecule has 0 saturated heterocycles. The Balaban J connectivity index is 1.83. The fourth-order valence-corrected chi connectivity index (χ4v) is 2.83. The lowest BCUT2D eigenvalue weighted by Crippen LogP contribution is -1.95. The maximum absolute atomic E-state index is 4.58. The molecule has 0 spiro atoms. The fourth-order valence-electron chi connectivity index (χ4n) is 1.94. The van der Waals surface area contributed by atoms with E-state index in [1.807, 2.05) is 36.4 Å². The van der Waals surface area contributed by atoms with E-state index in [1.54, 1.807) is 11.3 Å². The van der Waals surface area contributed by atoms with Crippen molar-refractivity contribution in [2.45, 2.75) is 0 Å². The van der Waals surface area contributed by atoms with E-state index in [9.17, 15) is 0 Å². The van der Waals surface area contributed by atoms with Gasteiger partial charge < -0.3 is 4.98 Å². The predicted molar refractivity (Wildman–Crippen MR) is 74.2 cm³/mol. The van der Waals surface area contributed by atoms with E-state index in [4.69, 9.17) is 0 Å². The molecule has 4 rings (SSSR count). The smallest absolute Gasteiger partial charge is 0.188 e. The van der Waals surface area contributed by atoms with Crippen molar-refractivity contribution in [1.29, 1.82) is 0 Å². The quantitative estimate of drug-likeness (QED) is 0.697. The van der Waals surface area contributed by atoms with E-state index in [0.717, 1.165) is 27.4 Å². The summed E-state index contributed by atoms with van der Waals surface area (Å²) in [6.07, 6.45) is 0. The van der Waals surface area contributed by atoms with E-state index >= 15 is 0 Å². The molecule has 3 aromatic rings. The minimum Gasteiger partial charge on any atom is -0.330 e. The molecular formula is C13H8N5S. The normalized spacial score (nSPS) is 13.8. The van der Waals surface area contributed by atoms with Gasteiger partial charge in [-0.05, 0) is 35.6 Å². The van der Waals surface area contributed by atoms with Crippen molar-refractivity contribution in [1.82, 2.24) is 10.4 Å². The predicted octanol–water partition coefficient (Wildman–Crippen LogP) is 3.71. The fraction of sp³-hybridized carbons (Fsp3) is 0. The molecule has 1 radical (unpaired) electrons. The summed E-state index contributed by atoms with van der Waals surface area (Å²) in [5, 5.41) is 7.53. The molecule has 1 aliphatic heterocycles. The van der Waals surface area contributed by atoms with Crippen molar-refractivity contribution in [3.05, 3.63) is 47.3 Å². The minimum absolute atomic E-state index is 0.766. The van der Waals surface area contributed by atoms with Gasteiger partial charge >= 0.3 is 0 Å². The monoisotopic (exact) mass is 266 g/mol. The van der Waals surface area contributed by atoms with Gasteiger partial charge in [-0.2, -0.15) is 0 Å². The number of fused-ring (bicyclic) bond motifs is 2. The van der Waals surface area contributed by atoms with E-state index in [0.29, 0.717) is 0 Å². The number of rotatable bonds is 1. The van der Waals surface area contributed by atoms with Crippen LogP contribution in [0, 0.1) is 0 Å². The molecule has 0 atom stereocenters. The first-order valence-corrected chi connectivity index (χ1v) is 6.58. The van der Waals surface area contributed by atoms with Crippen LogP contribution in [0.15, 0.2) is 57.8 Å². The first-order valence-electron chi connectivity index (χ1n) is 5.77. The lowest BCUT2D eigenvalue weighted by atomic mass is 10.2. The Kier molecular flexibility index (Phi) is 2.22. The third-order valence-corrected chi connectivity index (χ3v) is 3.79. The SMILES string of the molecule is c1ccc2sc(=Nc3ccc4c(c3)[N]N=N4)[nH]c2c1. The number of hydrogen-bond donors (Lipinski definition) is 1. The zero-order valence-corrected chi connectivity index (χ0v) is 10.6. The molecule has 91 valence electrons. The summed E-state index contributed by atoms with van der Waals surface area (Å²) in [6, 6.07) is 13.8. The van der Waals surface area contributed by atoms with Gasteiger partial charge in [-0.25, -0.2) is 4.99 Å². The van der Waals surface area contributed by atoms with Gasteiger partial charge in [-0.3, -0.25) is 0 Å². The van der Waals surface area contributed by atoms with Gasteiger partial charge in [0.25, 0.3) is 0 Å². The summed E-state index contributed by atoms with van der Waals surface area (Å²) >= 11 is 1.63. The van der Waals surface area contributed by atoms with Crippen LogP contribution < -0.4 is 10.2 Å². The molecule has 0 amide bonds. The van der Waals surface area contributed by atoms with Crippen LogP contribution >= 0.6 is 11.3 Å². The number of nitrogens with zero attached hydrogens (tertiary/aromatic N) is 4. The molecular weight excluding hydrogens is 258 g/mol. The summed E-state index contributed by atoms with van der Waals surface area (Å²) in [7, 11) is 0. The summed E-state index contributed by atoms with van der Waals surface area (Å²) in [5.74, 6) is 0. The van der Waals surface area contributed by atoms with Gasteiger partial charge in [-0.1, -0.05) is 23.5 Å². The van der Waals surface area contributed by atoms with Crippen LogP contribution in [0.1, 0.15) is 0 Å². The second-order valence-corrected chi connectivity index (χ2v) is 5.13. The van der Waals surface area contributed by atoms with Crippen molar-refractivity contribution < 1.29 is 0 Å². The highest BCUT2D eigenvalue weighted by Crippen LogP contribution is 2.33. The average molecular weight is 266 g/mol. The molecule has 1 aromatic heterocycles. The van der Waals surface area contributed by atoms with Crippen molar-refractivity contribution in [2.24, 2.45) is 15.3 Å². The molecule has 6 heteroatoms. The average Bonchev–Trinajstić information content (AvgIpc) is 3.03. The molecule has 19 heavy (non-hydrogen) atoms. The largest absolute Gasteiger partial charge is 0.330 e. The molecule has 0 saturated carbocycles. The van der Waals surface area contributed by atoms with Crippen molar-refractivity contribution in [3.8, 4) is 0 Å². The lowest BCUT2D eigenvalue weighted by molar-refractivity contribution is 0.923. The van der Waals surface area contributed by atoms with Crippen molar-refractivity contribution in [2.75, 3.05) is 0 Å². The Morgan fingerprint density at radius 3 is 2.95 bits per heavy atom. The van der Waals surface area contributed by atoms with Crippen LogP contribution in [-0.2, 0) is 0 Å². The van der Waals surface area contributed by atoms with E-state index in [-0.39, 0.29) is 0 Å². The number of thiazole rings is 1. The molecule has 0 aliphatic carbocycles. The zero-order chi connectivity index (χ0) is 12.7. The Bertz CT molecular complexity index is 823.